The van der Waals surface area contributed by atoms with Crippen LogP contribution in [0.15, 0.2) is 76.9 Å². The molecule has 188 valence electrons. The fourth-order valence-electron chi connectivity index (χ4n) is 3.58. The Morgan fingerprint density at radius 2 is 1.72 bits per heavy atom. The van der Waals surface area contributed by atoms with Crippen molar-refractivity contribution >= 4 is 38.7 Å². The predicted molar refractivity (Wildman–Crippen MR) is 125 cm³/mol. The number of rotatable bonds is 6. The summed E-state index contributed by atoms with van der Waals surface area (Å²) in [5.74, 6) is -1.29. The van der Waals surface area contributed by atoms with E-state index in [2.05, 4.69) is 15.4 Å². The second-order valence-corrected chi connectivity index (χ2v) is 10.2. The van der Waals surface area contributed by atoms with E-state index in [4.69, 9.17) is 11.6 Å². The van der Waals surface area contributed by atoms with Gasteiger partial charge in [0.2, 0.25) is 5.91 Å². The van der Waals surface area contributed by atoms with Crippen molar-refractivity contribution in [2.75, 3.05) is 18.4 Å². The van der Waals surface area contributed by atoms with Crippen molar-refractivity contribution in [3.05, 3.63) is 89.0 Å². The van der Waals surface area contributed by atoms with Crippen LogP contribution < -0.4 is 5.32 Å². The van der Waals surface area contributed by atoms with E-state index in [0.717, 1.165) is 24.3 Å². The number of hydrazone groups is 1. The summed E-state index contributed by atoms with van der Waals surface area (Å²) in [6, 6.07) is 12.8. The molecule has 36 heavy (non-hydrogen) atoms. The number of nitrogens with zero attached hydrogens (tertiary/aromatic N) is 3. The molecule has 0 fully saturated rings. The first kappa shape index (κ1) is 25.6. The number of nitrogens with one attached hydrogen (secondary N) is 1. The molecule has 1 aromatic heterocycles. The molecule has 0 bridgehead atoms. The molecule has 7 nitrogen and oxygen atoms in total. The minimum absolute atomic E-state index is 0.110. The highest BCUT2D eigenvalue weighted by Gasteiger charge is 2.46. The average molecular weight is 541 g/mol. The van der Waals surface area contributed by atoms with Gasteiger partial charge >= 0.3 is 5.51 Å². The smallest absolute Gasteiger partial charge is 0.324 e. The fourth-order valence-corrected chi connectivity index (χ4v) is 4.46. The molecule has 2 aromatic carbocycles. The number of carbonyl (C=O) groups excluding carboxylic acids is 1. The lowest BCUT2D eigenvalue weighted by atomic mass is 9.94. The van der Waals surface area contributed by atoms with Gasteiger partial charge in [0.1, 0.15) is 12.4 Å². The number of hydrogen-bond acceptors (Lipinski definition) is 6. The molecule has 4 rings (SSSR count). The van der Waals surface area contributed by atoms with Gasteiger partial charge in [-0.15, -0.1) is 0 Å². The van der Waals surface area contributed by atoms with Crippen molar-refractivity contribution in [3.8, 4) is 0 Å². The summed E-state index contributed by atoms with van der Waals surface area (Å²) >= 11 is 5.93. The Labute approximate surface area is 208 Å². The second kappa shape index (κ2) is 9.86. The normalized spacial score (nSPS) is 16.1. The Balaban J connectivity index is 1.49. The summed E-state index contributed by atoms with van der Waals surface area (Å²) in [7, 11) is -5.49. The summed E-state index contributed by atoms with van der Waals surface area (Å²) in [6.07, 6.45) is 1.48. The minimum Gasteiger partial charge on any atom is -0.324 e. The third-order valence-corrected chi connectivity index (χ3v) is 7.02. The Morgan fingerprint density at radius 3 is 2.31 bits per heavy atom. The lowest BCUT2D eigenvalue weighted by Crippen LogP contribution is -2.29. The van der Waals surface area contributed by atoms with Crippen LogP contribution in [-0.2, 0) is 14.6 Å². The van der Waals surface area contributed by atoms with Gasteiger partial charge in [-0.2, -0.15) is 18.3 Å². The number of anilines is 1. The first-order valence-electron chi connectivity index (χ1n) is 10.4. The molecule has 13 heteroatoms. The van der Waals surface area contributed by atoms with Gasteiger partial charge in [-0.1, -0.05) is 23.7 Å². The molecule has 1 aliphatic rings. The number of sulfone groups is 1. The summed E-state index contributed by atoms with van der Waals surface area (Å²) < 4.78 is 74.5. The lowest BCUT2D eigenvalue weighted by molar-refractivity contribution is -0.117. The van der Waals surface area contributed by atoms with E-state index >= 15 is 0 Å². The molecule has 1 N–H and O–H groups in total. The topological polar surface area (TPSA) is 91.7 Å². The first-order valence-corrected chi connectivity index (χ1v) is 12.2. The molecular formula is C23H17ClF4N4O3S. The Kier molecular flexibility index (Phi) is 7.01. The molecule has 0 aliphatic carbocycles. The molecule has 2 heterocycles. The zero-order chi connectivity index (χ0) is 26.1. The van der Waals surface area contributed by atoms with E-state index in [0.29, 0.717) is 22.0 Å². The van der Waals surface area contributed by atoms with Crippen LogP contribution in [0.5, 0.6) is 0 Å². The lowest BCUT2D eigenvalue weighted by Gasteiger charge is -2.16. The fraction of sp³-hybridized carbons (Fsp3) is 0.174. The van der Waals surface area contributed by atoms with Crippen molar-refractivity contribution in [3.63, 3.8) is 0 Å². The molecule has 1 aliphatic heterocycles. The van der Waals surface area contributed by atoms with Crippen LogP contribution in [0.4, 0.5) is 23.2 Å². The predicted octanol–water partition coefficient (Wildman–Crippen LogP) is 4.61. The number of carbonyl (C=O) groups is 1. The number of benzene rings is 2. The van der Waals surface area contributed by atoms with E-state index in [1.54, 1.807) is 24.3 Å². The van der Waals surface area contributed by atoms with Gasteiger partial charge in [-0.05, 0) is 54.1 Å². The largest absolute Gasteiger partial charge is 0.501 e. The SMILES string of the molecule is O=C(CN1CC(c2ccc(Cl)cn2)C(c2ccc(F)cc2)=N1)Nc1ccc(S(=O)(=O)C(F)(F)F)cc1. The van der Waals surface area contributed by atoms with Crippen molar-refractivity contribution in [1.82, 2.24) is 9.99 Å². The molecule has 0 saturated carbocycles. The standard InChI is InChI=1S/C23H17ClF4N4O3S/c24-15-3-10-20(29-11-15)19-12-32(31-22(19)14-1-4-16(25)5-2-14)13-21(33)30-17-6-8-18(9-7-17)36(34,35)23(26,27)28/h1-11,19H,12-13H2,(H,30,33). The highest BCUT2D eigenvalue weighted by molar-refractivity contribution is 7.92. The summed E-state index contributed by atoms with van der Waals surface area (Å²) in [4.78, 5) is 16.0. The van der Waals surface area contributed by atoms with E-state index < -0.39 is 32.0 Å². The number of pyridine rings is 1. The molecule has 1 amide bonds. The molecule has 0 spiro atoms. The quantitative estimate of drug-likeness (QED) is 0.461. The highest BCUT2D eigenvalue weighted by Crippen LogP contribution is 2.31. The Hall–Kier alpha value is -3.51. The maximum atomic E-state index is 13.4. The van der Waals surface area contributed by atoms with Crippen molar-refractivity contribution < 1.29 is 30.8 Å². The summed E-state index contributed by atoms with van der Waals surface area (Å²) in [5.41, 5.74) is -3.46. The van der Waals surface area contributed by atoms with Crippen LogP contribution >= 0.6 is 11.6 Å². The van der Waals surface area contributed by atoms with Gasteiger partial charge in [-0.3, -0.25) is 14.8 Å². The van der Waals surface area contributed by atoms with Crippen LogP contribution in [0.25, 0.3) is 0 Å². The number of hydrogen-bond donors (Lipinski definition) is 1. The number of aromatic nitrogens is 1. The van der Waals surface area contributed by atoms with Crippen LogP contribution in [0, 0.1) is 5.82 Å². The van der Waals surface area contributed by atoms with Gasteiger partial charge in [-0.25, -0.2) is 12.8 Å². The molecule has 1 unspecified atom stereocenters. The van der Waals surface area contributed by atoms with Gasteiger partial charge in [0.25, 0.3) is 9.84 Å². The summed E-state index contributed by atoms with van der Waals surface area (Å²) in [5, 5.41) is 8.94. The van der Waals surface area contributed by atoms with Gasteiger partial charge in [0.05, 0.1) is 33.8 Å². The second-order valence-electron chi connectivity index (χ2n) is 7.81. The maximum Gasteiger partial charge on any atom is 0.501 e. The molecule has 0 radical (unpaired) electrons. The molecular weight excluding hydrogens is 524 g/mol. The minimum atomic E-state index is -5.49. The number of alkyl halides is 3. The maximum absolute atomic E-state index is 13.4. The van der Waals surface area contributed by atoms with Crippen LogP contribution in [0.2, 0.25) is 5.02 Å². The van der Waals surface area contributed by atoms with Crippen LogP contribution in [0.3, 0.4) is 0 Å². The zero-order valence-electron chi connectivity index (χ0n) is 18.2. The number of amides is 1. The first-order chi connectivity index (χ1) is 16.9. The van der Waals surface area contributed by atoms with E-state index in [1.807, 2.05) is 0 Å². The van der Waals surface area contributed by atoms with Crippen molar-refractivity contribution in [1.29, 1.82) is 0 Å². The van der Waals surface area contributed by atoms with Gasteiger partial charge < -0.3 is 5.32 Å². The Bertz CT molecular complexity index is 1400. The molecule has 0 saturated heterocycles. The van der Waals surface area contributed by atoms with Crippen LogP contribution in [-0.4, -0.2) is 48.6 Å². The molecule has 1 atom stereocenters. The van der Waals surface area contributed by atoms with E-state index in [-0.39, 0.29) is 24.7 Å². The van der Waals surface area contributed by atoms with Gasteiger partial charge in [0.15, 0.2) is 0 Å². The highest BCUT2D eigenvalue weighted by atomic mass is 35.5. The van der Waals surface area contributed by atoms with Crippen molar-refractivity contribution in [2.24, 2.45) is 5.10 Å². The zero-order valence-corrected chi connectivity index (χ0v) is 19.8. The van der Waals surface area contributed by atoms with Crippen molar-refractivity contribution in [2.45, 2.75) is 16.3 Å². The average Bonchev–Trinajstić information content (AvgIpc) is 3.23. The summed E-state index contributed by atoms with van der Waals surface area (Å²) in [6.45, 7) is 0.0644. The van der Waals surface area contributed by atoms with E-state index in [1.165, 1.54) is 23.3 Å². The van der Waals surface area contributed by atoms with E-state index in [9.17, 15) is 30.8 Å². The molecule has 3 aromatic rings. The Morgan fingerprint density at radius 1 is 1.06 bits per heavy atom. The third-order valence-electron chi connectivity index (χ3n) is 5.30. The van der Waals surface area contributed by atoms with Gasteiger partial charge in [0, 0.05) is 11.9 Å². The van der Waals surface area contributed by atoms with Crippen LogP contribution in [0.1, 0.15) is 17.2 Å². The number of halogens is 5. The monoisotopic (exact) mass is 540 g/mol. The third kappa shape index (κ3) is 5.49.